The van der Waals surface area contributed by atoms with Crippen LogP contribution in [0.15, 0.2) is 30.9 Å². The molecule has 0 amide bonds. The van der Waals surface area contributed by atoms with Crippen molar-refractivity contribution in [3.05, 3.63) is 40.8 Å². The number of rotatable bonds is 40. The van der Waals surface area contributed by atoms with Crippen LogP contribution in [0.4, 0.5) is 29.7 Å². The standard InChI is InChI=1S/C49H76N24S6/c1-8-74-44-57-32(7)56-33(63-44)21-15-27-51-40-59-35(65-46(70-40)76-10-3)23-17-29-53-42-61-37(67-48(72-42)78-12-5)25-19-31-55-43-62-38(68-49(73-43)79-13-6)24-18-30-54-41-60-36(66-47(71-41)77-11-4)22-16-28-52-39-58-34(20-14-26-50)64-45(69-39)75-9-2/h8-31,50H2,1-7H3,(H,51,59,65,70)(H,52,58,64,69)(H,53,61,67,72)(H,54,60,66,71)(H,55,62,68,73). The van der Waals surface area contributed by atoms with E-state index in [1.807, 2.05) is 6.92 Å². The first kappa shape index (κ1) is 63.3. The van der Waals surface area contributed by atoms with Crippen LogP contribution in [0.3, 0.4) is 0 Å². The van der Waals surface area contributed by atoms with Gasteiger partial charge in [-0.3, -0.25) is 0 Å². The Morgan fingerprint density at radius 1 is 0.278 bits per heavy atom. The summed E-state index contributed by atoms with van der Waals surface area (Å²) in [5.74, 6) is 13.3. The molecule has 428 valence electrons. The molecule has 0 saturated carbocycles. The van der Waals surface area contributed by atoms with Gasteiger partial charge in [-0.2, -0.15) is 49.8 Å². The van der Waals surface area contributed by atoms with Crippen LogP contribution in [0.2, 0.25) is 0 Å². The van der Waals surface area contributed by atoms with E-state index < -0.39 is 0 Å². The molecule has 0 aliphatic heterocycles. The van der Waals surface area contributed by atoms with E-state index in [2.05, 4.69) is 108 Å². The lowest BCUT2D eigenvalue weighted by Crippen LogP contribution is -2.14. The van der Waals surface area contributed by atoms with Gasteiger partial charge in [0.1, 0.15) is 40.8 Å². The summed E-state index contributed by atoms with van der Waals surface area (Å²) in [5, 5.41) is 21.4. The number of nitrogens with zero attached hydrogens (tertiary/aromatic N) is 18. The Kier molecular flexibility index (Phi) is 29.2. The van der Waals surface area contributed by atoms with E-state index in [0.717, 1.165) is 137 Å². The van der Waals surface area contributed by atoms with Crippen LogP contribution in [0.1, 0.15) is 121 Å². The van der Waals surface area contributed by atoms with Gasteiger partial charge < -0.3 is 32.3 Å². The molecule has 6 rings (SSSR count). The van der Waals surface area contributed by atoms with Gasteiger partial charge >= 0.3 is 0 Å². The molecule has 0 atom stereocenters. The van der Waals surface area contributed by atoms with Crippen molar-refractivity contribution in [2.45, 2.75) is 156 Å². The van der Waals surface area contributed by atoms with Crippen molar-refractivity contribution in [1.29, 1.82) is 0 Å². The Morgan fingerprint density at radius 3 is 0.722 bits per heavy atom. The Morgan fingerprint density at radius 2 is 0.494 bits per heavy atom. The molecular formula is C49H76N24S6. The number of thioether (sulfide) groups is 6. The van der Waals surface area contributed by atoms with E-state index in [0.29, 0.717) is 115 Å². The van der Waals surface area contributed by atoms with Gasteiger partial charge in [0.05, 0.1) is 0 Å². The second-order valence-electron chi connectivity index (χ2n) is 17.0. The maximum Gasteiger partial charge on any atom is 0.226 e. The van der Waals surface area contributed by atoms with Crippen LogP contribution in [0.5, 0.6) is 0 Å². The van der Waals surface area contributed by atoms with E-state index in [-0.39, 0.29) is 0 Å². The van der Waals surface area contributed by atoms with Crippen LogP contribution in [-0.2, 0) is 38.5 Å². The van der Waals surface area contributed by atoms with E-state index in [4.69, 9.17) is 55.6 Å². The fraction of sp³-hybridized carbons (Fsp3) is 0.633. The highest BCUT2D eigenvalue weighted by Crippen LogP contribution is 2.21. The molecule has 0 saturated heterocycles. The second-order valence-corrected chi connectivity index (χ2v) is 24.4. The van der Waals surface area contributed by atoms with Crippen molar-refractivity contribution in [2.24, 2.45) is 5.73 Å². The fourth-order valence-electron chi connectivity index (χ4n) is 7.22. The average molecular weight is 1190 g/mol. The van der Waals surface area contributed by atoms with Crippen LogP contribution in [-0.4, -0.2) is 163 Å². The topological polar surface area (TPSA) is 318 Å². The zero-order valence-corrected chi connectivity index (χ0v) is 51.4. The molecule has 6 aromatic heterocycles. The molecule has 30 heteroatoms. The van der Waals surface area contributed by atoms with Gasteiger partial charge in [0.2, 0.25) is 29.7 Å². The molecule has 0 aromatic carbocycles. The predicted octanol–water partition coefficient (Wildman–Crippen LogP) is 7.89. The normalized spacial score (nSPS) is 11.3. The molecule has 0 aliphatic rings. The van der Waals surface area contributed by atoms with Gasteiger partial charge in [0.15, 0.2) is 30.9 Å². The highest BCUT2D eigenvalue weighted by molar-refractivity contribution is 8.00. The quantitative estimate of drug-likeness (QED) is 0.0157. The summed E-state index contributed by atoms with van der Waals surface area (Å²) >= 11 is 9.62. The lowest BCUT2D eigenvalue weighted by Gasteiger charge is -2.11. The van der Waals surface area contributed by atoms with E-state index in [9.17, 15) is 0 Å². The van der Waals surface area contributed by atoms with Crippen molar-refractivity contribution >= 4 is 100 Å². The molecule has 0 aliphatic carbocycles. The Hall–Kier alpha value is -4.88. The molecule has 0 fully saturated rings. The number of aromatic nitrogens is 18. The van der Waals surface area contributed by atoms with Crippen molar-refractivity contribution < 1.29 is 0 Å². The largest absolute Gasteiger partial charge is 0.354 e. The summed E-state index contributed by atoms with van der Waals surface area (Å²) in [6.45, 7) is 18.3. The summed E-state index contributed by atoms with van der Waals surface area (Å²) in [6, 6.07) is 0. The third-order valence-electron chi connectivity index (χ3n) is 10.6. The van der Waals surface area contributed by atoms with Crippen molar-refractivity contribution in [3.63, 3.8) is 0 Å². The van der Waals surface area contributed by atoms with Gasteiger partial charge in [-0.05, 0) is 86.5 Å². The van der Waals surface area contributed by atoms with Gasteiger partial charge in [-0.25, -0.2) is 39.9 Å². The molecule has 0 bridgehead atoms. The number of aryl methyl sites for hydroxylation is 7. The van der Waals surface area contributed by atoms with E-state index in [1.54, 1.807) is 70.6 Å². The third-order valence-corrected chi connectivity index (χ3v) is 15.0. The lowest BCUT2D eigenvalue weighted by molar-refractivity contribution is 0.719. The Balaban J connectivity index is 0.950. The van der Waals surface area contributed by atoms with Crippen molar-refractivity contribution in [2.75, 3.05) is 100 Å². The van der Waals surface area contributed by atoms with Crippen LogP contribution < -0.4 is 32.3 Å². The molecule has 7 N–H and O–H groups in total. The van der Waals surface area contributed by atoms with Crippen LogP contribution in [0, 0.1) is 6.92 Å². The third kappa shape index (κ3) is 24.0. The average Bonchev–Trinajstić information content (AvgIpc) is 3.44. The molecule has 0 radical (unpaired) electrons. The van der Waals surface area contributed by atoms with E-state index >= 15 is 0 Å². The number of anilines is 5. The SMILES string of the molecule is CCSc1nc(C)nc(CCCNc2nc(CCCNc3nc(CCCNc4nc(CCCNc5nc(CCCNc6nc(CCCN)nc(SCC)n6)nc(SCC)n5)nc(SCC)n4)nc(SCC)n3)nc(SCC)n2)n1. The Labute approximate surface area is 490 Å². The predicted molar refractivity (Wildman–Crippen MR) is 324 cm³/mol. The zero-order valence-electron chi connectivity index (χ0n) is 46.5. The first-order valence-electron chi connectivity index (χ1n) is 27.3. The Bertz CT molecular complexity index is 2750. The molecule has 24 nitrogen and oxygen atoms in total. The molecule has 0 unspecified atom stereocenters. The summed E-state index contributed by atoms with van der Waals surface area (Å²) < 4.78 is 0. The van der Waals surface area contributed by atoms with Crippen molar-refractivity contribution in [1.82, 2.24) is 89.7 Å². The van der Waals surface area contributed by atoms with E-state index in [1.165, 1.54) is 0 Å². The first-order valence-corrected chi connectivity index (χ1v) is 33.2. The summed E-state index contributed by atoms with van der Waals surface area (Å²) in [6.07, 6.45) is 8.87. The maximum absolute atomic E-state index is 5.73. The second kappa shape index (κ2) is 36.5. The molecular weight excluding hydrogens is 1120 g/mol. The fourth-order valence-corrected chi connectivity index (χ4v) is 10.7. The highest BCUT2D eigenvalue weighted by Gasteiger charge is 2.14. The van der Waals surface area contributed by atoms with Gasteiger partial charge in [-0.1, -0.05) is 112 Å². The molecule has 0 spiro atoms. The maximum atomic E-state index is 5.73. The number of nitrogens with one attached hydrogen (secondary N) is 5. The van der Waals surface area contributed by atoms with Crippen LogP contribution in [0.25, 0.3) is 0 Å². The highest BCUT2D eigenvalue weighted by atomic mass is 32.2. The molecule has 6 heterocycles. The smallest absolute Gasteiger partial charge is 0.226 e. The van der Waals surface area contributed by atoms with Gasteiger partial charge in [0.25, 0.3) is 0 Å². The van der Waals surface area contributed by atoms with Crippen molar-refractivity contribution in [3.8, 4) is 0 Å². The number of nitrogens with two attached hydrogens (primary N) is 1. The molecule has 6 aromatic rings. The lowest BCUT2D eigenvalue weighted by atomic mass is 10.3. The minimum Gasteiger partial charge on any atom is -0.354 e. The van der Waals surface area contributed by atoms with Gasteiger partial charge in [-0.15, -0.1) is 0 Å². The zero-order chi connectivity index (χ0) is 55.9. The summed E-state index contributed by atoms with van der Waals surface area (Å²) in [5.41, 5.74) is 5.73. The minimum absolute atomic E-state index is 0.558. The monoisotopic (exact) mass is 1190 g/mol. The number of hydrogen-bond acceptors (Lipinski definition) is 30. The summed E-state index contributed by atoms with van der Waals surface area (Å²) in [4.78, 5) is 84.2. The first-order chi connectivity index (χ1) is 38.7. The van der Waals surface area contributed by atoms with Gasteiger partial charge in [0, 0.05) is 71.2 Å². The number of hydrogen-bond donors (Lipinski definition) is 6. The summed E-state index contributed by atoms with van der Waals surface area (Å²) in [7, 11) is 0. The minimum atomic E-state index is 0.558. The molecule has 79 heavy (non-hydrogen) atoms. The van der Waals surface area contributed by atoms with Crippen LogP contribution >= 0.6 is 70.6 Å².